The van der Waals surface area contributed by atoms with Crippen molar-refractivity contribution >= 4 is 11.8 Å². The Kier molecular flexibility index (Phi) is 5.70. The summed E-state index contributed by atoms with van der Waals surface area (Å²) in [6.07, 6.45) is 0. The number of hydrogen-bond donors (Lipinski definition) is 2. The van der Waals surface area contributed by atoms with Crippen molar-refractivity contribution in [2.45, 2.75) is 26.4 Å². The maximum Gasteiger partial charge on any atom is 0.251 e. The number of nitrogens with one attached hydrogen (secondary N) is 1. The second-order valence-electron chi connectivity index (χ2n) is 5.24. The zero-order chi connectivity index (χ0) is 15.3. The molecule has 0 saturated heterocycles. The van der Waals surface area contributed by atoms with E-state index in [1.54, 1.807) is 31.1 Å². The summed E-state index contributed by atoms with van der Waals surface area (Å²) < 4.78 is 0. The number of hydrogen-bond acceptors (Lipinski definition) is 3. The minimum atomic E-state index is -0.481. The molecule has 110 valence electrons. The van der Waals surface area contributed by atoms with E-state index in [1.807, 2.05) is 26.0 Å². The minimum Gasteiger partial charge on any atom is -0.355 e. The number of nitrogens with zero attached hydrogens (tertiary/aromatic N) is 1. The van der Waals surface area contributed by atoms with E-state index >= 15 is 0 Å². The molecule has 0 bridgehead atoms. The lowest BCUT2D eigenvalue weighted by Gasteiger charge is -2.23. The summed E-state index contributed by atoms with van der Waals surface area (Å²) in [5, 5.41) is 2.57. The number of benzene rings is 1. The molecule has 2 amide bonds. The molecular formula is C15H23N3O2. The molecule has 0 aliphatic heterocycles. The van der Waals surface area contributed by atoms with Crippen LogP contribution < -0.4 is 11.1 Å². The van der Waals surface area contributed by atoms with Gasteiger partial charge in [0.15, 0.2) is 0 Å². The molecule has 20 heavy (non-hydrogen) atoms. The van der Waals surface area contributed by atoms with Gasteiger partial charge < -0.3 is 16.0 Å². The fourth-order valence-electron chi connectivity index (χ4n) is 1.80. The van der Waals surface area contributed by atoms with Crippen LogP contribution in [-0.4, -0.2) is 36.9 Å². The van der Waals surface area contributed by atoms with E-state index in [2.05, 4.69) is 5.32 Å². The van der Waals surface area contributed by atoms with Crippen molar-refractivity contribution < 1.29 is 9.59 Å². The van der Waals surface area contributed by atoms with Gasteiger partial charge in [-0.1, -0.05) is 26.0 Å². The monoisotopic (exact) mass is 277 g/mol. The van der Waals surface area contributed by atoms with Crippen LogP contribution in [0.25, 0.3) is 0 Å². The molecule has 3 N–H and O–H groups in total. The third-order valence-electron chi connectivity index (χ3n) is 3.24. The van der Waals surface area contributed by atoms with Crippen molar-refractivity contribution in [1.82, 2.24) is 10.2 Å². The smallest absolute Gasteiger partial charge is 0.251 e. The Bertz CT molecular complexity index is 469. The first kappa shape index (κ1) is 16.2. The molecule has 0 aliphatic carbocycles. The second kappa shape index (κ2) is 7.05. The van der Waals surface area contributed by atoms with E-state index in [9.17, 15) is 9.59 Å². The fourth-order valence-corrected chi connectivity index (χ4v) is 1.80. The largest absolute Gasteiger partial charge is 0.355 e. The van der Waals surface area contributed by atoms with E-state index in [0.717, 1.165) is 5.56 Å². The predicted molar refractivity (Wildman–Crippen MR) is 79.1 cm³/mol. The molecular weight excluding hydrogens is 254 g/mol. The molecule has 1 aromatic rings. The SMILES string of the molecule is CNC(=O)c1ccc(CN(C)C(=O)[C@H](N)C(C)C)cc1. The van der Waals surface area contributed by atoms with Crippen molar-refractivity contribution in [3.8, 4) is 0 Å². The first-order valence-corrected chi connectivity index (χ1v) is 6.68. The highest BCUT2D eigenvalue weighted by atomic mass is 16.2. The van der Waals surface area contributed by atoms with Gasteiger partial charge in [-0.05, 0) is 23.6 Å². The van der Waals surface area contributed by atoms with Crippen LogP contribution in [0.3, 0.4) is 0 Å². The van der Waals surface area contributed by atoms with Gasteiger partial charge in [-0.15, -0.1) is 0 Å². The molecule has 1 rings (SSSR count). The van der Waals surface area contributed by atoms with Crippen LogP contribution in [0.5, 0.6) is 0 Å². The standard InChI is InChI=1S/C15H23N3O2/c1-10(2)13(16)15(20)18(4)9-11-5-7-12(8-6-11)14(19)17-3/h5-8,10,13H,9,16H2,1-4H3,(H,17,19)/t13-/m1/s1. The molecule has 1 aromatic carbocycles. The molecule has 0 saturated carbocycles. The van der Waals surface area contributed by atoms with E-state index in [0.29, 0.717) is 12.1 Å². The van der Waals surface area contributed by atoms with Crippen LogP contribution in [0.15, 0.2) is 24.3 Å². The molecule has 0 radical (unpaired) electrons. The maximum absolute atomic E-state index is 12.0. The van der Waals surface area contributed by atoms with Crippen LogP contribution in [0.1, 0.15) is 29.8 Å². The lowest BCUT2D eigenvalue weighted by Crippen LogP contribution is -2.44. The van der Waals surface area contributed by atoms with Crippen molar-refractivity contribution in [3.63, 3.8) is 0 Å². The zero-order valence-electron chi connectivity index (χ0n) is 12.5. The summed E-state index contributed by atoms with van der Waals surface area (Å²) in [6.45, 7) is 4.33. The fraction of sp³-hybridized carbons (Fsp3) is 0.467. The van der Waals surface area contributed by atoms with E-state index in [4.69, 9.17) is 5.73 Å². The average Bonchev–Trinajstić information content (AvgIpc) is 2.45. The van der Waals surface area contributed by atoms with Crippen LogP contribution >= 0.6 is 0 Å². The van der Waals surface area contributed by atoms with Gasteiger partial charge in [0.05, 0.1) is 6.04 Å². The van der Waals surface area contributed by atoms with Gasteiger partial charge in [0.1, 0.15) is 0 Å². The number of likely N-dealkylation sites (N-methyl/N-ethyl adjacent to an activating group) is 1. The van der Waals surface area contributed by atoms with Gasteiger partial charge in [0.25, 0.3) is 5.91 Å². The summed E-state index contributed by atoms with van der Waals surface area (Å²) in [4.78, 5) is 25.1. The molecule has 0 heterocycles. The maximum atomic E-state index is 12.0. The van der Waals surface area contributed by atoms with Crippen LogP contribution in [-0.2, 0) is 11.3 Å². The Hall–Kier alpha value is -1.88. The number of carbonyl (C=O) groups excluding carboxylic acids is 2. The first-order valence-electron chi connectivity index (χ1n) is 6.68. The molecule has 0 unspecified atom stereocenters. The molecule has 0 aromatic heterocycles. The Morgan fingerprint density at radius 3 is 2.25 bits per heavy atom. The van der Waals surface area contributed by atoms with E-state index in [1.165, 1.54) is 0 Å². The van der Waals surface area contributed by atoms with Crippen molar-refractivity contribution in [3.05, 3.63) is 35.4 Å². The van der Waals surface area contributed by atoms with E-state index in [-0.39, 0.29) is 17.7 Å². The predicted octanol–water partition coefficient (Wildman–Crippen LogP) is 0.988. The van der Waals surface area contributed by atoms with Crippen molar-refractivity contribution in [2.75, 3.05) is 14.1 Å². The Balaban J connectivity index is 2.69. The molecule has 5 nitrogen and oxygen atoms in total. The summed E-state index contributed by atoms with van der Waals surface area (Å²) in [7, 11) is 3.33. The quantitative estimate of drug-likeness (QED) is 0.842. The summed E-state index contributed by atoms with van der Waals surface area (Å²) in [6, 6.07) is 6.69. The number of carbonyl (C=O) groups is 2. The summed E-state index contributed by atoms with van der Waals surface area (Å²) in [5.74, 6) is -0.0845. The lowest BCUT2D eigenvalue weighted by molar-refractivity contribution is -0.132. The average molecular weight is 277 g/mol. The minimum absolute atomic E-state index is 0.0737. The molecule has 0 spiro atoms. The van der Waals surface area contributed by atoms with Crippen LogP contribution in [0, 0.1) is 5.92 Å². The van der Waals surface area contributed by atoms with Crippen LogP contribution in [0.2, 0.25) is 0 Å². The highest BCUT2D eigenvalue weighted by Gasteiger charge is 2.20. The molecule has 0 fully saturated rings. The summed E-state index contributed by atoms with van der Waals surface area (Å²) >= 11 is 0. The molecule has 5 heteroatoms. The van der Waals surface area contributed by atoms with Gasteiger partial charge in [-0.25, -0.2) is 0 Å². The van der Waals surface area contributed by atoms with E-state index < -0.39 is 6.04 Å². The number of rotatable bonds is 5. The van der Waals surface area contributed by atoms with Crippen LogP contribution in [0.4, 0.5) is 0 Å². The van der Waals surface area contributed by atoms with Gasteiger partial charge in [-0.3, -0.25) is 9.59 Å². The number of amides is 2. The Morgan fingerprint density at radius 2 is 1.80 bits per heavy atom. The third-order valence-corrected chi connectivity index (χ3v) is 3.24. The zero-order valence-corrected chi connectivity index (χ0v) is 12.5. The highest BCUT2D eigenvalue weighted by molar-refractivity contribution is 5.93. The van der Waals surface area contributed by atoms with Gasteiger partial charge in [-0.2, -0.15) is 0 Å². The molecule has 1 atom stereocenters. The topological polar surface area (TPSA) is 75.4 Å². The second-order valence-corrected chi connectivity index (χ2v) is 5.24. The Labute approximate surface area is 120 Å². The van der Waals surface area contributed by atoms with Crippen molar-refractivity contribution in [2.24, 2.45) is 11.7 Å². The van der Waals surface area contributed by atoms with Crippen molar-refractivity contribution in [1.29, 1.82) is 0 Å². The first-order chi connectivity index (χ1) is 9.36. The van der Waals surface area contributed by atoms with Gasteiger partial charge in [0.2, 0.25) is 5.91 Å². The normalized spacial score (nSPS) is 12.1. The van der Waals surface area contributed by atoms with Gasteiger partial charge >= 0.3 is 0 Å². The third kappa shape index (κ3) is 4.06. The highest BCUT2D eigenvalue weighted by Crippen LogP contribution is 2.09. The Morgan fingerprint density at radius 1 is 1.25 bits per heavy atom. The summed E-state index contributed by atoms with van der Waals surface area (Å²) in [5.41, 5.74) is 7.42. The van der Waals surface area contributed by atoms with Gasteiger partial charge in [0, 0.05) is 26.2 Å². The molecule has 0 aliphatic rings. The lowest BCUT2D eigenvalue weighted by atomic mass is 10.0. The number of nitrogens with two attached hydrogens (primary N) is 1.